The molecule has 1 heterocycles. The number of nitrogens with one attached hydrogen (secondary N) is 1. The van der Waals surface area contributed by atoms with Gasteiger partial charge in [-0.3, -0.25) is 0 Å². The van der Waals surface area contributed by atoms with Crippen molar-refractivity contribution in [3.05, 3.63) is 23.6 Å². The normalized spacial score (nSPS) is 9.82. The fourth-order valence-electron chi connectivity index (χ4n) is 0.565. The summed E-state index contributed by atoms with van der Waals surface area (Å²) in [7, 11) is 0. The maximum atomic E-state index is 12.4. The first-order valence-electron chi connectivity index (χ1n) is 2.63. The van der Waals surface area contributed by atoms with E-state index in [1.807, 2.05) is 0 Å². The van der Waals surface area contributed by atoms with Gasteiger partial charge in [-0.2, -0.15) is 13.8 Å². The number of rotatable bonds is 1. The molecule has 0 aliphatic heterocycles. The van der Waals surface area contributed by atoms with E-state index in [0.29, 0.717) is 6.07 Å². The van der Waals surface area contributed by atoms with E-state index in [-0.39, 0.29) is 0 Å². The lowest BCUT2D eigenvalue weighted by Crippen LogP contribution is -2.12. The van der Waals surface area contributed by atoms with Crippen LogP contribution in [0.2, 0.25) is 0 Å². The van der Waals surface area contributed by atoms with Crippen LogP contribution in [0, 0.1) is 17.6 Å². The van der Waals surface area contributed by atoms with Gasteiger partial charge in [0.2, 0.25) is 11.8 Å². The second-order valence-electron chi connectivity index (χ2n) is 1.73. The maximum Gasteiger partial charge on any atom is 0.217 e. The molecule has 11 heavy (non-hydrogen) atoms. The van der Waals surface area contributed by atoms with Crippen LogP contribution >= 0.6 is 0 Å². The van der Waals surface area contributed by atoms with Crippen LogP contribution in [0.15, 0.2) is 6.07 Å². The molecule has 0 saturated carbocycles. The number of anilines is 1. The van der Waals surface area contributed by atoms with E-state index in [2.05, 4.69) is 4.98 Å². The monoisotopic (exact) mass is 163 g/mol. The van der Waals surface area contributed by atoms with E-state index in [1.165, 1.54) is 0 Å². The van der Waals surface area contributed by atoms with Gasteiger partial charge in [-0.25, -0.2) is 10.2 Å². The van der Waals surface area contributed by atoms with E-state index in [1.54, 1.807) is 5.43 Å². The molecular weight excluding hydrogens is 159 g/mol. The van der Waals surface area contributed by atoms with Crippen molar-refractivity contribution in [1.82, 2.24) is 4.98 Å². The molecule has 0 aliphatic rings. The lowest BCUT2D eigenvalue weighted by Gasteiger charge is -2.00. The van der Waals surface area contributed by atoms with Gasteiger partial charge in [0.25, 0.3) is 0 Å². The predicted molar refractivity (Wildman–Crippen MR) is 31.9 cm³/mol. The molecule has 0 fully saturated rings. The summed E-state index contributed by atoms with van der Waals surface area (Å²) in [6, 6.07) is 0.330. The van der Waals surface area contributed by atoms with Gasteiger partial charge in [0.05, 0.1) is 0 Å². The van der Waals surface area contributed by atoms with Crippen LogP contribution in [0.1, 0.15) is 0 Å². The summed E-state index contributed by atoms with van der Waals surface area (Å²) >= 11 is 0. The van der Waals surface area contributed by atoms with Crippen LogP contribution in [0.5, 0.6) is 0 Å². The molecule has 6 heteroatoms. The van der Waals surface area contributed by atoms with E-state index in [4.69, 9.17) is 5.84 Å². The maximum absolute atomic E-state index is 12.4. The molecule has 1 aromatic heterocycles. The summed E-state index contributed by atoms with van der Waals surface area (Å²) in [4.78, 5) is 2.93. The Morgan fingerprint density at radius 2 is 2.00 bits per heavy atom. The van der Waals surface area contributed by atoms with Gasteiger partial charge in [-0.15, -0.1) is 0 Å². The predicted octanol–water partition coefficient (Wildman–Crippen LogP) is 0.785. The molecule has 0 bridgehead atoms. The Kier molecular flexibility index (Phi) is 1.95. The number of aromatic nitrogens is 1. The highest BCUT2D eigenvalue weighted by molar-refractivity contribution is 5.34. The Bertz CT molecular complexity index is 276. The highest BCUT2D eigenvalue weighted by Crippen LogP contribution is 2.13. The molecule has 60 valence electrons. The molecule has 0 atom stereocenters. The Labute approximate surface area is 60.0 Å². The Morgan fingerprint density at radius 1 is 1.36 bits per heavy atom. The quantitative estimate of drug-likeness (QED) is 0.365. The van der Waals surface area contributed by atoms with Crippen LogP contribution in [-0.4, -0.2) is 4.98 Å². The minimum atomic E-state index is -1.33. The first-order chi connectivity index (χ1) is 5.15. The van der Waals surface area contributed by atoms with Gasteiger partial charge in [0, 0.05) is 6.07 Å². The van der Waals surface area contributed by atoms with Crippen molar-refractivity contribution in [2.24, 2.45) is 5.84 Å². The number of hydrogen-bond acceptors (Lipinski definition) is 3. The Morgan fingerprint density at radius 3 is 2.55 bits per heavy atom. The molecular formula is C5H4F3N3. The van der Waals surface area contributed by atoms with Gasteiger partial charge < -0.3 is 5.43 Å². The smallest absolute Gasteiger partial charge is 0.217 e. The van der Waals surface area contributed by atoms with E-state index >= 15 is 0 Å². The van der Waals surface area contributed by atoms with Gasteiger partial charge in [-0.05, 0) is 0 Å². The lowest BCUT2D eigenvalue weighted by molar-refractivity contribution is 0.482. The van der Waals surface area contributed by atoms with Gasteiger partial charge in [0.1, 0.15) is 0 Å². The first-order valence-corrected chi connectivity index (χ1v) is 2.63. The number of nitrogens with zero attached hydrogens (tertiary/aromatic N) is 1. The third-order valence-corrected chi connectivity index (χ3v) is 1.02. The zero-order valence-corrected chi connectivity index (χ0v) is 5.24. The molecule has 0 aliphatic carbocycles. The fraction of sp³-hybridized carbons (Fsp3) is 0. The lowest BCUT2D eigenvalue weighted by atomic mass is 10.4. The van der Waals surface area contributed by atoms with Crippen molar-refractivity contribution in [3.8, 4) is 0 Å². The van der Waals surface area contributed by atoms with Gasteiger partial charge in [-0.1, -0.05) is 0 Å². The Hall–Kier alpha value is -1.30. The summed E-state index contributed by atoms with van der Waals surface area (Å²) in [5.74, 6) is 0.299. The molecule has 1 aromatic rings. The SMILES string of the molecule is NNc1nc(F)cc(F)c1F. The van der Waals surface area contributed by atoms with Gasteiger partial charge >= 0.3 is 0 Å². The van der Waals surface area contributed by atoms with Crippen molar-refractivity contribution in [2.45, 2.75) is 0 Å². The number of pyridine rings is 1. The largest absolute Gasteiger partial charge is 0.306 e. The van der Waals surface area contributed by atoms with Crippen LogP contribution in [0.25, 0.3) is 0 Å². The molecule has 0 spiro atoms. The number of hydrogen-bond donors (Lipinski definition) is 2. The van der Waals surface area contributed by atoms with Crippen LogP contribution in [0.3, 0.4) is 0 Å². The number of nitrogens with two attached hydrogens (primary N) is 1. The number of halogens is 3. The highest BCUT2D eigenvalue weighted by Gasteiger charge is 2.10. The summed E-state index contributed by atoms with van der Waals surface area (Å²) in [6.45, 7) is 0. The average Bonchev–Trinajstić information content (AvgIpc) is 1.96. The zero-order chi connectivity index (χ0) is 8.43. The van der Waals surface area contributed by atoms with Crippen molar-refractivity contribution >= 4 is 5.82 Å². The number of hydrazine groups is 1. The molecule has 3 N–H and O–H groups in total. The second-order valence-corrected chi connectivity index (χ2v) is 1.73. The van der Waals surface area contributed by atoms with E-state index in [9.17, 15) is 13.2 Å². The summed E-state index contributed by atoms with van der Waals surface area (Å²) in [6.07, 6.45) is 0. The third-order valence-electron chi connectivity index (χ3n) is 1.02. The number of nitrogen functional groups attached to an aromatic ring is 1. The summed E-state index contributed by atoms with van der Waals surface area (Å²) in [5, 5.41) is 0. The summed E-state index contributed by atoms with van der Waals surface area (Å²) in [5.41, 5.74) is 1.71. The van der Waals surface area contributed by atoms with Crippen molar-refractivity contribution in [2.75, 3.05) is 5.43 Å². The van der Waals surface area contributed by atoms with E-state index in [0.717, 1.165) is 0 Å². The molecule has 0 radical (unpaired) electrons. The second kappa shape index (κ2) is 2.75. The molecule has 0 aromatic carbocycles. The van der Waals surface area contributed by atoms with Crippen molar-refractivity contribution in [3.63, 3.8) is 0 Å². The fourth-order valence-corrected chi connectivity index (χ4v) is 0.565. The molecule has 0 unspecified atom stereocenters. The van der Waals surface area contributed by atoms with Crippen molar-refractivity contribution < 1.29 is 13.2 Å². The molecule has 0 saturated heterocycles. The molecule has 3 nitrogen and oxygen atoms in total. The molecule has 1 rings (SSSR count). The highest BCUT2D eigenvalue weighted by atomic mass is 19.2. The average molecular weight is 163 g/mol. The third kappa shape index (κ3) is 1.40. The minimum Gasteiger partial charge on any atom is -0.306 e. The van der Waals surface area contributed by atoms with Crippen LogP contribution < -0.4 is 11.3 Å². The Balaban J connectivity index is 3.24. The first kappa shape index (κ1) is 7.80. The van der Waals surface area contributed by atoms with Crippen LogP contribution in [-0.2, 0) is 0 Å². The van der Waals surface area contributed by atoms with Crippen LogP contribution in [0.4, 0.5) is 19.0 Å². The van der Waals surface area contributed by atoms with Gasteiger partial charge in [0.15, 0.2) is 11.6 Å². The van der Waals surface area contributed by atoms with E-state index < -0.39 is 23.4 Å². The minimum absolute atomic E-state index is 0.330. The summed E-state index contributed by atoms with van der Waals surface area (Å²) < 4.78 is 36.9. The molecule has 0 amide bonds. The van der Waals surface area contributed by atoms with Crippen molar-refractivity contribution in [1.29, 1.82) is 0 Å². The standard InChI is InChI=1S/C5H4F3N3/c6-2-1-3(7)10-5(11-9)4(2)8/h1H,9H2,(H,10,11). The topological polar surface area (TPSA) is 50.9 Å². The zero-order valence-electron chi connectivity index (χ0n) is 5.24.